The van der Waals surface area contributed by atoms with Crippen LogP contribution in [0.1, 0.15) is 23.2 Å². The largest absolute Gasteiger partial charge is 0.339 e. The average molecular weight is 395 g/mol. The molecule has 1 saturated heterocycles. The summed E-state index contributed by atoms with van der Waals surface area (Å²) in [6, 6.07) is 14.5. The lowest BCUT2D eigenvalue weighted by Crippen LogP contribution is -2.41. The molecule has 2 aliphatic rings. The quantitative estimate of drug-likeness (QED) is 0.864. The van der Waals surface area contributed by atoms with Gasteiger partial charge in [-0.05, 0) is 49.2 Å². The second kappa shape index (κ2) is 8.06. The van der Waals surface area contributed by atoms with Gasteiger partial charge in [0.15, 0.2) is 0 Å². The van der Waals surface area contributed by atoms with E-state index < -0.39 is 0 Å². The summed E-state index contributed by atoms with van der Waals surface area (Å²) in [7, 11) is 0. The van der Waals surface area contributed by atoms with Gasteiger partial charge in [0.05, 0.1) is 11.4 Å². The van der Waals surface area contributed by atoms with E-state index in [0.717, 1.165) is 36.5 Å². The summed E-state index contributed by atoms with van der Waals surface area (Å²) in [4.78, 5) is 41.5. The number of carbonyl (C=O) groups is 3. The van der Waals surface area contributed by atoms with Crippen LogP contribution in [0.2, 0.25) is 0 Å². The Morgan fingerprint density at radius 2 is 1.71 bits per heavy atom. The Hall–Kier alpha value is -2.80. The van der Waals surface area contributed by atoms with Gasteiger partial charge in [-0.25, -0.2) is 0 Å². The molecule has 1 N–H and O–H groups in total. The van der Waals surface area contributed by atoms with Gasteiger partial charge in [-0.15, -0.1) is 11.8 Å². The third-order valence-corrected chi connectivity index (χ3v) is 5.97. The van der Waals surface area contributed by atoms with Crippen LogP contribution in [0.25, 0.3) is 0 Å². The van der Waals surface area contributed by atoms with E-state index in [1.54, 1.807) is 24.3 Å². The standard InChI is InChI=1S/C21H21N3O3S/c25-19(13-24-17-5-1-2-6-18(17)28-14-20(24)26)22-16-9-7-15(8-10-16)21(27)23-11-3-4-12-23/h1-2,5-10H,3-4,11-14H2,(H,22,25). The zero-order valence-corrected chi connectivity index (χ0v) is 16.2. The minimum absolute atomic E-state index is 0.0309. The monoisotopic (exact) mass is 395 g/mol. The lowest BCUT2D eigenvalue weighted by Gasteiger charge is -2.28. The highest BCUT2D eigenvalue weighted by atomic mass is 32.2. The molecule has 0 saturated carbocycles. The van der Waals surface area contributed by atoms with Gasteiger partial charge in [0.25, 0.3) is 5.91 Å². The van der Waals surface area contributed by atoms with Crippen LogP contribution in [-0.2, 0) is 9.59 Å². The molecule has 2 heterocycles. The highest BCUT2D eigenvalue weighted by Crippen LogP contribution is 2.34. The van der Waals surface area contributed by atoms with Gasteiger partial charge < -0.3 is 15.1 Å². The first-order chi connectivity index (χ1) is 13.6. The Kier molecular flexibility index (Phi) is 5.34. The van der Waals surface area contributed by atoms with Gasteiger partial charge in [0.1, 0.15) is 6.54 Å². The molecule has 0 aromatic heterocycles. The number of rotatable bonds is 4. The van der Waals surface area contributed by atoms with Crippen molar-refractivity contribution in [3.8, 4) is 0 Å². The average Bonchev–Trinajstić information content (AvgIpc) is 3.25. The van der Waals surface area contributed by atoms with Gasteiger partial charge in [0.2, 0.25) is 11.8 Å². The number of hydrogen-bond acceptors (Lipinski definition) is 4. The predicted molar refractivity (Wildman–Crippen MR) is 110 cm³/mol. The van der Waals surface area contributed by atoms with Crippen LogP contribution in [0, 0.1) is 0 Å². The lowest BCUT2D eigenvalue weighted by atomic mass is 10.2. The highest BCUT2D eigenvalue weighted by molar-refractivity contribution is 8.00. The van der Waals surface area contributed by atoms with Crippen LogP contribution in [0.4, 0.5) is 11.4 Å². The van der Waals surface area contributed by atoms with E-state index in [4.69, 9.17) is 0 Å². The van der Waals surface area contributed by atoms with Crippen LogP contribution in [0.5, 0.6) is 0 Å². The number of likely N-dealkylation sites (tertiary alicyclic amines) is 1. The molecule has 144 valence electrons. The molecule has 0 radical (unpaired) electrons. The number of hydrogen-bond donors (Lipinski definition) is 1. The molecule has 3 amide bonds. The molecule has 0 aliphatic carbocycles. The molecule has 0 spiro atoms. The van der Waals surface area contributed by atoms with Crippen molar-refractivity contribution in [1.29, 1.82) is 0 Å². The molecule has 2 aliphatic heterocycles. The van der Waals surface area contributed by atoms with Gasteiger partial charge in [-0.2, -0.15) is 0 Å². The Balaban J connectivity index is 1.40. The number of carbonyl (C=O) groups excluding carboxylic acids is 3. The van der Waals surface area contributed by atoms with Crippen molar-refractivity contribution in [3.63, 3.8) is 0 Å². The topological polar surface area (TPSA) is 69.7 Å². The Morgan fingerprint density at radius 1 is 1.00 bits per heavy atom. The molecule has 1 fully saturated rings. The normalized spacial score (nSPS) is 16.1. The number of nitrogens with one attached hydrogen (secondary N) is 1. The van der Waals surface area contributed by atoms with Crippen molar-refractivity contribution in [3.05, 3.63) is 54.1 Å². The second-order valence-electron chi connectivity index (χ2n) is 6.86. The summed E-state index contributed by atoms with van der Waals surface area (Å²) in [6.45, 7) is 1.58. The summed E-state index contributed by atoms with van der Waals surface area (Å²) in [5, 5.41) is 2.81. The zero-order chi connectivity index (χ0) is 19.5. The molecule has 2 aromatic rings. The maximum Gasteiger partial charge on any atom is 0.253 e. The number of benzene rings is 2. The van der Waals surface area contributed by atoms with E-state index in [-0.39, 0.29) is 24.3 Å². The Bertz CT molecular complexity index is 907. The van der Waals surface area contributed by atoms with E-state index in [2.05, 4.69) is 5.32 Å². The molecule has 4 rings (SSSR count). The van der Waals surface area contributed by atoms with Crippen molar-refractivity contribution in [2.45, 2.75) is 17.7 Å². The van der Waals surface area contributed by atoms with Crippen LogP contribution < -0.4 is 10.2 Å². The summed E-state index contributed by atoms with van der Waals surface area (Å²) in [5.74, 6) is 0.0138. The molecular formula is C21H21N3O3S. The first-order valence-corrected chi connectivity index (χ1v) is 10.3. The van der Waals surface area contributed by atoms with E-state index in [1.807, 2.05) is 29.2 Å². The number of thioether (sulfide) groups is 1. The first-order valence-electron chi connectivity index (χ1n) is 9.33. The minimum Gasteiger partial charge on any atom is -0.339 e. The lowest BCUT2D eigenvalue weighted by molar-refractivity contribution is -0.120. The van der Waals surface area contributed by atoms with E-state index in [1.165, 1.54) is 16.7 Å². The number of para-hydroxylation sites is 1. The van der Waals surface area contributed by atoms with E-state index in [0.29, 0.717) is 17.0 Å². The fourth-order valence-corrected chi connectivity index (χ4v) is 4.41. The molecule has 0 atom stereocenters. The maximum atomic E-state index is 12.5. The smallest absolute Gasteiger partial charge is 0.253 e. The summed E-state index contributed by atoms with van der Waals surface area (Å²) in [6.07, 6.45) is 2.10. The van der Waals surface area contributed by atoms with Gasteiger partial charge >= 0.3 is 0 Å². The number of amides is 3. The highest BCUT2D eigenvalue weighted by Gasteiger charge is 2.26. The van der Waals surface area contributed by atoms with Crippen LogP contribution >= 0.6 is 11.8 Å². The van der Waals surface area contributed by atoms with Crippen molar-refractivity contribution in [1.82, 2.24) is 4.90 Å². The van der Waals surface area contributed by atoms with Crippen molar-refractivity contribution in [2.75, 3.05) is 35.6 Å². The van der Waals surface area contributed by atoms with Gasteiger partial charge in [0, 0.05) is 29.2 Å². The SMILES string of the molecule is O=C(CN1C(=O)CSc2ccccc21)Nc1ccc(C(=O)N2CCCC2)cc1. The molecule has 2 aromatic carbocycles. The van der Waals surface area contributed by atoms with E-state index >= 15 is 0 Å². The fraction of sp³-hybridized carbons (Fsp3) is 0.286. The second-order valence-corrected chi connectivity index (χ2v) is 7.88. The number of anilines is 2. The first kappa shape index (κ1) is 18.6. The number of nitrogens with zero attached hydrogens (tertiary/aromatic N) is 2. The predicted octanol–water partition coefficient (Wildman–Crippen LogP) is 3.00. The third-order valence-electron chi connectivity index (χ3n) is 4.92. The minimum atomic E-state index is -0.270. The van der Waals surface area contributed by atoms with Crippen molar-refractivity contribution < 1.29 is 14.4 Å². The molecular weight excluding hydrogens is 374 g/mol. The summed E-state index contributed by atoms with van der Waals surface area (Å²) in [5.41, 5.74) is 2.00. The zero-order valence-electron chi connectivity index (χ0n) is 15.4. The summed E-state index contributed by atoms with van der Waals surface area (Å²) < 4.78 is 0. The van der Waals surface area contributed by atoms with E-state index in [9.17, 15) is 14.4 Å². The maximum absolute atomic E-state index is 12.5. The third kappa shape index (κ3) is 3.89. The molecule has 7 heteroatoms. The summed E-state index contributed by atoms with van der Waals surface area (Å²) >= 11 is 1.49. The molecule has 6 nitrogen and oxygen atoms in total. The fourth-order valence-electron chi connectivity index (χ4n) is 3.47. The molecule has 0 unspecified atom stereocenters. The van der Waals surface area contributed by atoms with Crippen LogP contribution in [0.15, 0.2) is 53.4 Å². The Labute approximate surface area is 167 Å². The number of fused-ring (bicyclic) bond motifs is 1. The Morgan fingerprint density at radius 3 is 2.46 bits per heavy atom. The van der Waals surface area contributed by atoms with Crippen LogP contribution in [-0.4, -0.2) is 48.0 Å². The van der Waals surface area contributed by atoms with Gasteiger partial charge in [-0.1, -0.05) is 12.1 Å². The molecule has 0 bridgehead atoms. The van der Waals surface area contributed by atoms with Crippen molar-refractivity contribution >= 4 is 40.9 Å². The molecule has 28 heavy (non-hydrogen) atoms. The van der Waals surface area contributed by atoms with Crippen molar-refractivity contribution in [2.24, 2.45) is 0 Å². The van der Waals surface area contributed by atoms with Crippen LogP contribution in [0.3, 0.4) is 0 Å². The van der Waals surface area contributed by atoms with Gasteiger partial charge in [-0.3, -0.25) is 14.4 Å².